The summed E-state index contributed by atoms with van der Waals surface area (Å²) in [7, 11) is 0. The second-order valence-electron chi connectivity index (χ2n) is 10.1. The standard InChI is InChI=1S/C30H32N4O3/c1-20-8-9-21(14-26(20)28-32-16-27(33-28)23-7-4-11-31-15-23)13-22-5-3-6-24-17-34(12-10-25(22)24)29(37)30(2,18-35)19-36/h3-9,11,14-16,35-36H,10,12-13,17-19H2,1-2H3,(H,32,33). The summed E-state index contributed by atoms with van der Waals surface area (Å²) in [5.74, 6) is 0.624. The molecule has 0 unspecified atom stereocenters. The van der Waals surface area contributed by atoms with E-state index in [1.54, 1.807) is 18.0 Å². The number of hydrogen-bond acceptors (Lipinski definition) is 5. The summed E-state index contributed by atoms with van der Waals surface area (Å²) in [6, 6.07) is 16.7. The minimum absolute atomic E-state index is 0.208. The van der Waals surface area contributed by atoms with E-state index in [0.29, 0.717) is 13.1 Å². The first-order valence-corrected chi connectivity index (χ1v) is 12.6. The van der Waals surface area contributed by atoms with Gasteiger partial charge in [0.15, 0.2) is 0 Å². The van der Waals surface area contributed by atoms with Crippen LogP contribution in [0.2, 0.25) is 0 Å². The largest absolute Gasteiger partial charge is 0.395 e. The van der Waals surface area contributed by atoms with Gasteiger partial charge in [-0.25, -0.2) is 4.98 Å². The number of imidazole rings is 1. The first-order valence-electron chi connectivity index (χ1n) is 12.6. The average Bonchev–Trinajstić information content (AvgIpc) is 3.44. The Bertz CT molecular complexity index is 1410. The highest BCUT2D eigenvalue weighted by Crippen LogP contribution is 2.30. The lowest BCUT2D eigenvalue weighted by molar-refractivity contribution is -0.147. The highest BCUT2D eigenvalue weighted by Gasteiger charge is 2.37. The van der Waals surface area contributed by atoms with Crippen LogP contribution in [0, 0.1) is 12.3 Å². The van der Waals surface area contributed by atoms with Crippen LogP contribution >= 0.6 is 0 Å². The summed E-state index contributed by atoms with van der Waals surface area (Å²) in [5, 5.41) is 19.3. The van der Waals surface area contributed by atoms with Crippen LogP contribution in [-0.4, -0.2) is 55.7 Å². The highest BCUT2D eigenvalue weighted by molar-refractivity contribution is 5.83. The maximum Gasteiger partial charge on any atom is 0.233 e. The lowest BCUT2D eigenvalue weighted by Crippen LogP contribution is -2.48. The number of amides is 1. The van der Waals surface area contributed by atoms with Gasteiger partial charge in [0.1, 0.15) is 5.82 Å². The molecule has 1 amide bonds. The van der Waals surface area contributed by atoms with Crippen molar-refractivity contribution < 1.29 is 15.0 Å². The normalized spacial score (nSPS) is 13.5. The predicted molar refractivity (Wildman–Crippen MR) is 143 cm³/mol. The molecule has 2 aromatic carbocycles. The molecular weight excluding hydrogens is 464 g/mol. The first kappa shape index (κ1) is 24.9. The van der Waals surface area contributed by atoms with Gasteiger partial charge in [-0.05, 0) is 72.7 Å². The molecule has 0 saturated carbocycles. The fourth-order valence-corrected chi connectivity index (χ4v) is 4.98. The van der Waals surface area contributed by atoms with Gasteiger partial charge in [0.05, 0.1) is 30.5 Å². The van der Waals surface area contributed by atoms with Crippen LogP contribution in [0.25, 0.3) is 22.6 Å². The van der Waals surface area contributed by atoms with Crippen molar-refractivity contribution in [2.75, 3.05) is 19.8 Å². The number of aliphatic hydroxyl groups excluding tert-OH is 2. The van der Waals surface area contributed by atoms with Crippen molar-refractivity contribution >= 4 is 5.91 Å². The molecule has 7 nitrogen and oxygen atoms in total. The Labute approximate surface area is 216 Å². The van der Waals surface area contributed by atoms with Crippen molar-refractivity contribution in [1.29, 1.82) is 0 Å². The summed E-state index contributed by atoms with van der Waals surface area (Å²) in [6.45, 7) is 4.01. The molecule has 2 aromatic heterocycles. The van der Waals surface area contributed by atoms with Gasteiger partial charge in [-0.15, -0.1) is 0 Å². The van der Waals surface area contributed by atoms with Gasteiger partial charge in [0, 0.05) is 36.6 Å². The predicted octanol–water partition coefficient (Wildman–Crippen LogP) is 3.91. The molecule has 4 aromatic rings. The van der Waals surface area contributed by atoms with Crippen LogP contribution in [-0.2, 0) is 24.2 Å². The molecule has 0 saturated heterocycles. The van der Waals surface area contributed by atoms with Crippen LogP contribution in [0.5, 0.6) is 0 Å². The molecule has 190 valence electrons. The number of rotatable bonds is 7. The number of fused-ring (bicyclic) bond motifs is 1. The number of nitrogens with zero attached hydrogens (tertiary/aromatic N) is 3. The van der Waals surface area contributed by atoms with Crippen molar-refractivity contribution in [3.63, 3.8) is 0 Å². The number of pyridine rings is 1. The third-order valence-corrected chi connectivity index (χ3v) is 7.36. The van der Waals surface area contributed by atoms with E-state index in [2.05, 4.69) is 52.2 Å². The van der Waals surface area contributed by atoms with Crippen molar-refractivity contribution in [3.8, 4) is 22.6 Å². The molecule has 0 fully saturated rings. The fraction of sp³-hybridized carbons (Fsp3) is 0.300. The molecule has 0 radical (unpaired) electrons. The van der Waals surface area contributed by atoms with Crippen LogP contribution in [0.4, 0.5) is 0 Å². The van der Waals surface area contributed by atoms with Gasteiger partial charge in [0.2, 0.25) is 5.91 Å². The second kappa shape index (κ2) is 10.3. The third kappa shape index (κ3) is 4.92. The van der Waals surface area contributed by atoms with E-state index in [-0.39, 0.29) is 19.1 Å². The van der Waals surface area contributed by atoms with Gasteiger partial charge in [-0.3, -0.25) is 9.78 Å². The Hall–Kier alpha value is -3.81. The number of carbonyl (C=O) groups is 1. The summed E-state index contributed by atoms with van der Waals surface area (Å²) in [6.07, 6.45) is 6.95. The number of nitrogens with one attached hydrogen (secondary N) is 1. The minimum atomic E-state index is -1.16. The maximum atomic E-state index is 13.0. The van der Waals surface area contributed by atoms with E-state index >= 15 is 0 Å². The smallest absolute Gasteiger partial charge is 0.233 e. The number of hydrogen-bond donors (Lipinski definition) is 3. The van der Waals surface area contributed by atoms with E-state index in [4.69, 9.17) is 0 Å². The highest BCUT2D eigenvalue weighted by atomic mass is 16.3. The molecule has 0 atom stereocenters. The fourth-order valence-electron chi connectivity index (χ4n) is 4.98. The maximum absolute atomic E-state index is 13.0. The molecular formula is C30H32N4O3. The van der Waals surface area contributed by atoms with Crippen molar-refractivity contribution in [2.45, 2.75) is 33.2 Å². The first-order chi connectivity index (χ1) is 17.9. The Morgan fingerprint density at radius 1 is 1.11 bits per heavy atom. The van der Waals surface area contributed by atoms with Gasteiger partial charge >= 0.3 is 0 Å². The average molecular weight is 497 g/mol. The number of benzene rings is 2. The lowest BCUT2D eigenvalue weighted by atomic mass is 9.87. The zero-order valence-electron chi connectivity index (χ0n) is 21.2. The molecule has 0 aliphatic carbocycles. The second-order valence-corrected chi connectivity index (χ2v) is 10.1. The summed E-state index contributed by atoms with van der Waals surface area (Å²) >= 11 is 0. The number of aliphatic hydroxyl groups is 2. The number of aromatic amines is 1. The molecule has 3 heterocycles. The van der Waals surface area contributed by atoms with Crippen molar-refractivity contribution in [2.24, 2.45) is 5.41 Å². The molecule has 3 N–H and O–H groups in total. The van der Waals surface area contributed by atoms with Crippen LogP contribution in [0.15, 0.2) is 67.1 Å². The molecule has 1 aliphatic heterocycles. The minimum Gasteiger partial charge on any atom is -0.395 e. The summed E-state index contributed by atoms with van der Waals surface area (Å²) in [4.78, 5) is 27.0. The topological polar surface area (TPSA) is 102 Å². The summed E-state index contributed by atoms with van der Waals surface area (Å²) < 4.78 is 0. The Kier molecular flexibility index (Phi) is 6.91. The monoisotopic (exact) mass is 496 g/mol. The molecule has 1 aliphatic rings. The van der Waals surface area contributed by atoms with E-state index < -0.39 is 5.41 Å². The van der Waals surface area contributed by atoms with Crippen LogP contribution in [0.3, 0.4) is 0 Å². The van der Waals surface area contributed by atoms with Gasteiger partial charge in [-0.1, -0.05) is 30.3 Å². The van der Waals surface area contributed by atoms with Crippen LogP contribution < -0.4 is 0 Å². The zero-order chi connectivity index (χ0) is 26.0. The SMILES string of the molecule is Cc1ccc(Cc2cccc3c2CCN(C(=O)C(C)(CO)CO)C3)cc1-c1ncc(-c2cccnc2)[nH]1. The van der Waals surface area contributed by atoms with E-state index in [1.165, 1.54) is 16.7 Å². The molecule has 0 spiro atoms. The molecule has 37 heavy (non-hydrogen) atoms. The van der Waals surface area contributed by atoms with Gasteiger partial charge < -0.3 is 20.1 Å². The molecule has 0 bridgehead atoms. The number of H-pyrrole nitrogens is 1. The van der Waals surface area contributed by atoms with E-state index in [1.807, 2.05) is 30.6 Å². The third-order valence-electron chi connectivity index (χ3n) is 7.36. The van der Waals surface area contributed by atoms with Crippen molar-refractivity contribution in [3.05, 3.63) is 94.9 Å². The number of aryl methyl sites for hydroxylation is 1. The quantitative estimate of drug-likeness (QED) is 0.360. The Morgan fingerprint density at radius 2 is 1.95 bits per heavy atom. The zero-order valence-corrected chi connectivity index (χ0v) is 21.2. The van der Waals surface area contributed by atoms with Gasteiger partial charge in [0.25, 0.3) is 0 Å². The lowest BCUT2D eigenvalue weighted by Gasteiger charge is -2.36. The van der Waals surface area contributed by atoms with E-state index in [0.717, 1.165) is 46.6 Å². The Morgan fingerprint density at radius 3 is 2.70 bits per heavy atom. The number of aromatic nitrogens is 3. The van der Waals surface area contributed by atoms with Gasteiger partial charge in [-0.2, -0.15) is 0 Å². The van der Waals surface area contributed by atoms with Crippen molar-refractivity contribution in [1.82, 2.24) is 19.9 Å². The van der Waals surface area contributed by atoms with E-state index in [9.17, 15) is 15.0 Å². The number of carbonyl (C=O) groups excluding carboxylic acids is 1. The molecule has 5 rings (SSSR count). The van der Waals surface area contributed by atoms with Crippen LogP contribution in [0.1, 0.15) is 34.7 Å². The summed E-state index contributed by atoms with van der Waals surface area (Å²) in [5.41, 5.74) is 7.84. The Balaban J connectivity index is 1.38. The molecule has 7 heteroatoms.